The van der Waals surface area contributed by atoms with E-state index in [0.717, 1.165) is 6.20 Å². The van der Waals surface area contributed by atoms with Crippen LogP contribution >= 0.6 is 0 Å². The minimum atomic E-state index is -1.03. The molecule has 9 heteroatoms. The molecule has 8 nitrogen and oxygen atoms in total. The lowest BCUT2D eigenvalue weighted by atomic mass is 10.3. The second-order valence-electron chi connectivity index (χ2n) is 6.16. The Kier molecular flexibility index (Phi) is 8.88. The lowest BCUT2D eigenvalue weighted by Crippen LogP contribution is -2.22. The molecule has 148 valence electrons. The normalized spacial score (nSPS) is 12.8. The van der Waals surface area contributed by atoms with Crippen LogP contribution in [0.5, 0.6) is 5.88 Å². The largest absolute Gasteiger partial charge is 0.478 e. The van der Waals surface area contributed by atoms with E-state index in [2.05, 4.69) is 25.8 Å². The van der Waals surface area contributed by atoms with E-state index < -0.39 is 11.9 Å². The minimum absolute atomic E-state index is 0.164. The van der Waals surface area contributed by atoms with Gasteiger partial charge in [-0.2, -0.15) is 5.10 Å². The van der Waals surface area contributed by atoms with Crippen molar-refractivity contribution < 1.29 is 19.0 Å². The fraction of sp³-hybridized carbons (Fsp3) is 0.500. The van der Waals surface area contributed by atoms with Crippen LogP contribution in [0.15, 0.2) is 24.5 Å². The van der Waals surface area contributed by atoms with Crippen LogP contribution in [0.1, 0.15) is 44.9 Å². The predicted octanol–water partition coefficient (Wildman–Crippen LogP) is 4.06. The number of unbranched alkanes of at least 4 members (excludes halogenated alkanes) is 1. The van der Waals surface area contributed by atoms with Gasteiger partial charge in [-0.05, 0) is 18.9 Å². The Morgan fingerprint density at radius 1 is 1.26 bits per heavy atom. The summed E-state index contributed by atoms with van der Waals surface area (Å²) in [5.74, 6) is 0.0817. The fourth-order valence-corrected chi connectivity index (χ4v) is 2.55. The molecule has 2 heterocycles. The van der Waals surface area contributed by atoms with Crippen molar-refractivity contribution in [2.45, 2.75) is 44.9 Å². The number of pyridine rings is 1. The average molecular weight is 379 g/mol. The molecule has 1 amide bonds. The molecule has 0 saturated heterocycles. The highest BCUT2D eigenvalue weighted by molar-refractivity contribution is 5.64. The van der Waals surface area contributed by atoms with E-state index in [-0.39, 0.29) is 5.82 Å². The third-order valence-electron chi connectivity index (χ3n) is 3.94. The van der Waals surface area contributed by atoms with E-state index in [4.69, 9.17) is 9.84 Å². The first kappa shape index (κ1) is 20.5. The standard InChI is InChI=1S/C13H16FN5O3.C5H10/c14-10-8-17-19-12(10)18-9-3-5-15-11(7-9)22-6-2-1-4-16-13(20)21;1-2-4-5-3-1/h3,5,7-8,16H,1-2,4,6H2,(H,20,21)(H2,15,17,18,19);1-5H2. The van der Waals surface area contributed by atoms with Crippen LogP contribution in [0.25, 0.3) is 0 Å². The van der Waals surface area contributed by atoms with Crippen LogP contribution in [0.2, 0.25) is 0 Å². The summed E-state index contributed by atoms with van der Waals surface area (Å²) in [6.07, 6.45) is 10.4. The minimum Gasteiger partial charge on any atom is -0.478 e. The predicted molar refractivity (Wildman–Crippen MR) is 99.9 cm³/mol. The second-order valence-corrected chi connectivity index (χ2v) is 6.16. The van der Waals surface area contributed by atoms with E-state index in [1.54, 1.807) is 12.1 Å². The number of H-pyrrole nitrogens is 1. The first-order valence-electron chi connectivity index (χ1n) is 9.16. The maximum atomic E-state index is 13.3. The number of rotatable bonds is 8. The SMILES string of the molecule is C1CCCC1.O=C(O)NCCCCOc1cc(Nc2[nH]ncc2F)ccn1. The average Bonchev–Trinajstić information content (AvgIpc) is 3.34. The monoisotopic (exact) mass is 379 g/mol. The molecule has 0 radical (unpaired) electrons. The summed E-state index contributed by atoms with van der Waals surface area (Å²) in [5.41, 5.74) is 0.612. The quantitative estimate of drug-likeness (QED) is 0.515. The number of aromatic amines is 1. The Morgan fingerprint density at radius 3 is 2.63 bits per heavy atom. The molecule has 0 atom stereocenters. The van der Waals surface area contributed by atoms with Gasteiger partial charge in [-0.25, -0.2) is 14.2 Å². The summed E-state index contributed by atoms with van der Waals surface area (Å²) < 4.78 is 18.7. The van der Waals surface area contributed by atoms with Gasteiger partial charge in [0.25, 0.3) is 0 Å². The van der Waals surface area contributed by atoms with Crippen LogP contribution in [0.3, 0.4) is 0 Å². The number of nitrogens with one attached hydrogen (secondary N) is 3. The number of anilines is 2. The molecule has 1 fully saturated rings. The maximum absolute atomic E-state index is 13.3. The van der Waals surface area contributed by atoms with E-state index in [1.165, 1.54) is 38.3 Å². The van der Waals surface area contributed by atoms with Gasteiger partial charge in [0.05, 0.1) is 12.8 Å². The number of carboxylic acid groups (broad SMARTS) is 1. The highest BCUT2D eigenvalue weighted by Gasteiger charge is 2.05. The van der Waals surface area contributed by atoms with Gasteiger partial charge in [0, 0.05) is 24.5 Å². The number of amides is 1. The Bertz CT molecular complexity index is 684. The highest BCUT2D eigenvalue weighted by atomic mass is 19.1. The van der Waals surface area contributed by atoms with Gasteiger partial charge in [0.1, 0.15) is 0 Å². The number of hydrogen-bond acceptors (Lipinski definition) is 5. The van der Waals surface area contributed by atoms with Gasteiger partial charge in [-0.3, -0.25) is 5.10 Å². The Hall–Kier alpha value is -2.84. The maximum Gasteiger partial charge on any atom is 0.404 e. The number of nitrogens with zero attached hydrogens (tertiary/aromatic N) is 2. The van der Waals surface area contributed by atoms with E-state index in [9.17, 15) is 9.18 Å². The molecule has 0 aliphatic heterocycles. The van der Waals surface area contributed by atoms with E-state index >= 15 is 0 Å². The van der Waals surface area contributed by atoms with Crippen molar-refractivity contribution in [1.29, 1.82) is 0 Å². The number of hydrogen-bond donors (Lipinski definition) is 4. The molecule has 4 N–H and O–H groups in total. The molecule has 1 aliphatic carbocycles. The van der Waals surface area contributed by atoms with Crippen LogP contribution in [0.4, 0.5) is 20.7 Å². The van der Waals surface area contributed by atoms with Crippen LogP contribution in [-0.2, 0) is 0 Å². The van der Waals surface area contributed by atoms with Crippen LogP contribution < -0.4 is 15.4 Å². The molecule has 0 spiro atoms. The molecule has 0 aromatic carbocycles. The number of ether oxygens (including phenoxy) is 1. The number of carbonyl (C=O) groups is 1. The zero-order valence-corrected chi connectivity index (χ0v) is 15.2. The molecule has 3 rings (SSSR count). The van der Waals surface area contributed by atoms with Gasteiger partial charge in [0.2, 0.25) is 5.88 Å². The van der Waals surface area contributed by atoms with E-state index in [0.29, 0.717) is 37.6 Å². The third-order valence-corrected chi connectivity index (χ3v) is 3.94. The van der Waals surface area contributed by atoms with Crippen molar-refractivity contribution in [3.63, 3.8) is 0 Å². The van der Waals surface area contributed by atoms with Gasteiger partial charge in [-0.1, -0.05) is 32.1 Å². The highest BCUT2D eigenvalue weighted by Crippen LogP contribution is 2.20. The first-order valence-corrected chi connectivity index (χ1v) is 9.16. The molecule has 0 bridgehead atoms. The molecular weight excluding hydrogens is 353 g/mol. The zero-order chi connectivity index (χ0) is 19.3. The molecule has 2 aromatic heterocycles. The summed E-state index contributed by atoms with van der Waals surface area (Å²) in [4.78, 5) is 14.3. The summed E-state index contributed by atoms with van der Waals surface area (Å²) in [5, 5.41) is 19.6. The van der Waals surface area contributed by atoms with Crippen molar-refractivity contribution in [3.8, 4) is 5.88 Å². The molecule has 1 saturated carbocycles. The summed E-state index contributed by atoms with van der Waals surface area (Å²) in [6.45, 7) is 0.795. The topological polar surface area (TPSA) is 112 Å². The summed E-state index contributed by atoms with van der Waals surface area (Å²) in [7, 11) is 0. The lowest BCUT2D eigenvalue weighted by molar-refractivity contribution is 0.193. The fourth-order valence-electron chi connectivity index (χ4n) is 2.55. The van der Waals surface area contributed by atoms with E-state index in [1.807, 2.05) is 0 Å². The molecule has 2 aromatic rings. The Labute approximate surface area is 157 Å². The first-order chi connectivity index (χ1) is 13.1. The Morgan fingerprint density at radius 2 is 2.00 bits per heavy atom. The van der Waals surface area contributed by atoms with Gasteiger partial charge >= 0.3 is 6.09 Å². The number of halogens is 1. The van der Waals surface area contributed by atoms with Crippen LogP contribution in [0, 0.1) is 5.82 Å². The van der Waals surface area contributed by atoms with Crippen molar-refractivity contribution >= 4 is 17.6 Å². The smallest absolute Gasteiger partial charge is 0.404 e. The molecule has 1 aliphatic rings. The van der Waals surface area contributed by atoms with Crippen molar-refractivity contribution in [3.05, 3.63) is 30.3 Å². The van der Waals surface area contributed by atoms with Crippen molar-refractivity contribution in [1.82, 2.24) is 20.5 Å². The van der Waals surface area contributed by atoms with Crippen molar-refractivity contribution in [2.24, 2.45) is 0 Å². The van der Waals surface area contributed by atoms with Gasteiger partial charge in [-0.15, -0.1) is 0 Å². The molecular formula is C18H26FN5O3. The molecule has 0 unspecified atom stereocenters. The van der Waals surface area contributed by atoms with Crippen molar-refractivity contribution in [2.75, 3.05) is 18.5 Å². The lowest BCUT2D eigenvalue weighted by Gasteiger charge is -2.08. The number of aromatic nitrogens is 3. The van der Waals surface area contributed by atoms with Crippen LogP contribution in [-0.4, -0.2) is 39.5 Å². The van der Waals surface area contributed by atoms with Gasteiger partial charge < -0.3 is 20.5 Å². The summed E-state index contributed by atoms with van der Waals surface area (Å²) >= 11 is 0. The van der Waals surface area contributed by atoms with Gasteiger partial charge in [0.15, 0.2) is 11.6 Å². The summed E-state index contributed by atoms with van der Waals surface area (Å²) in [6, 6.07) is 3.31. The zero-order valence-electron chi connectivity index (χ0n) is 15.2. The second kappa shape index (κ2) is 11.7. The third kappa shape index (κ3) is 8.39. The molecule has 27 heavy (non-hydrogen) atoms. The Balaban J connectivity index is 0.000000451.